The molecule has 2 aliphatic rings. The zero-order chi connectivity index (χ0) is 17.0. The number of hydrogen-bond acceptors (Lipinski definition) is 5. The second-order valence-corrected chi connectivity index (χ2v) is 7.75. The first kappa shape index (κ1) is 15.3. The van der Waals surface area contributed by atoms with Gasteiger partial charge in [-0.3, -0.25) is 9.56 Å². The average molecular weight is 370 g/mol. The van der Waals surface area contributed by atoms with Crippen LogP contribution >= 0.6 is 22.9 Å². The molecular formula is C18H16ClN5S. The van der Waals surface area contributed by atoms with E-state index in [2.05, 4.69) is 26.1 Å². The van der Waals surface area contributed by atoms with Crippen molar-refractivity contribution in [1.82, 2.24) is 20.1 Å². The molecule has 0 saturated heterocycles. The molecule has 0 fully saturated rings. The first-order valence-electron chi connectivity index (χ1n) is 8.30. The normalized spacial score (nSPS) is 15.8. The van der Waals surface area contributed by atoms with E-state index in [1.807, 2.05) is 36.5 Å². The second-order valence-electron chi connectivity index (χ2n) is 6.25. The molecule has 5 rings (SSSR count). The van der Waals surface area contributed by atoms with Gasteiger partial charge in [-0.15, -0.1) is 21.5 Å². The van der Waals surface area contributed by atoms with Crippen molar-refractivity contribution in [3.05, 3.63) is 62.5 Å². The van der Waals surface area contributed by atoms with Gasteiger partial charge in [-0.25, -0.2) is 0 Å². The van der Waals surface area contributed by atoms with E-state index in [-0.39, 0.29) is 0 Å². The summed E-state index contributed by atoms with van der Waals surface area (Å²) in [6.07, 6.45) is 1.00. The third-order valence-electron chi connectivity index (χ3n) is 4.75. The van der Waals surface area contributed by atoms with Gasteiger partial charge < -0.3 is 5.32 Å². The van der Waals surface area contributed by atoms with Gasteiger partial charge in [0.05, 0.1) is 5.71 Å². The van der Waals surface area contributed by atoms with Gasteiger partial charge in [0.2, 0.25) is 0 Å². The van der Waals surface area contributed by atoms with Crippen molar-refractivity contribution in [2.75, 3.05) is 6.54 Å². The summed E-state index contributed by atoms with van der Waals surface area (Å²) in [7, 11) is 0. The van der Waals surface area contributed by atoms with Crippen LogP contribution in [0.3, 0.4) is 0 Å². The van der Waals surface area contributed by atoms with Crippen molar-refractivity contribution < 1.29 is 0 Å². The molecule has 2 aliphatic heterocycles. The zero-order valence-electron chi connectivity index (χ0n) is 13.7. The fourth-order valence-electron chi connectivity index (χ4n) is 3.60. The maximum absolute atomic E-state index is 6.52. The highest BCUT2D eigenvalue weighted by molar-refractivity contribution is 7.15. The Morgan fingerprint density at radius 1 is 1.24 bits per heavy atom. The largest absolute Gasteiger partial charge is 0.312 e. The number of hydrogen-bond donors (Lipinski definition) is 1. The van der Waals surface area contributed by atoms with Crippen LogP contribution in [-0.2, 0) is 19.5 Å². The first-order chi connectivity index (χ1) is 12.2. The van der Waals surface area contributed by atoms with E-state index in [9.17, 15) is 0 Å². The van der Waals surface area contributed by atoms with Gasteiger partial charge in [0.25, 0.3) is 0 Å². The molecule has 0 bridgehead atoms. The standard InChI is InChI=1S/C18H16ClN5S/c1-10-22-23-15-9-21-17(11-4-2-3-5-13(11)19)16-12-6-7-20-8-14(12)25-18(16)24(10)15/h2-5,20H,6-9H2,1H3. The van der Waals surface area contributed by atoms with Gasteiger partial charge >= 0.3 is 0 Å². The van der Waals surface area contributed by atoms with Crippen molar-refractivity contribution in [1.29, 1.82) is 0 Å². The van der Waals surface area contributed by atoms with Crippen molar-refractivity contribution in [3.8, 4) is 5.00 Å². The molecule has 0 amide bonds. The monoisotopic (exact) mass is 369 g/mol. The minimum absolute atomic E-state index is 0.510. The maximum atomic E-state index is 6.52. The Morgan fingerprint density at radius 3 is 3.00 bits per heavy atom. The summed E-state index contributed by atoms with van der Waals surface area (Å²) >= 11 is 8.33. The summed E-state index contributed by atoms with van der Waals surface area (Å²) < 4.78 is 2.16. The number of benzene rings is 1. The highest BCUT2D eigenvalue weighted by atomic mass is 35.5. The van der Waals surface area contributed by atoms with E-state index in [4.69, 9.17) is 16.6 Å². The number of rotatable bonds is 1. The molecule has 0 saturated carbocycles. The van der Waals surface area contributed by atoms with Crippen molar-refractivity contribution in [2.24, 2.45) is 4.99 Å². The van der Waals surface area contributed by atoms with Gasteiger partial charge in [0.1, 0.15) is 17.4 Å². The van der Waals surface area contributed by atoms with Crippen LogP contribution < -0.4 is 5.32 Å². The SMILES string of the molecule is Cc1nnc2n1-c1sc3c(c1C(c1ccccc1Cl)=NC2)CCNC3. The molecule has 5 nitrogen and oxygen atoms in total. The van der Waals surface area contributed by atoms with Crippen LogP contribution in [0.25, 0.3) is 5.00 Å². The Hall–Kier alpha value is -2.02. The molecule has 25 heavy (non-hydrogen) atoms. The summed E-state index contributed by atoms with van der Waals surface area (Å²) in [5, 5.41) is 14.0. The van der Waals surface area contributed by atoms with Crippen LogP contribution in [0.5, 0.6) is 0 Å². The minimum Gasteiger partial charge on any atom is -0.312 e. The van der Waals surface area contributed by atoms with Crippen LogP contribution in [0.2, 0.25) is 5.02 Å². The molecule has 126 valence electrons. The number of aromatic nitrogens is 3. The fourth-order valence-corrected chi connectivity index (χ4v) is 5.21. The molecule has 1 aromatic carbocycles. The van der Waals surface area contributed by atoms with Crippen LogP contribution in [0.15, 0.2) is 29.3 Å². The van der Waals surface area contributed by atoms with E-state index in [1.165, 1.54) is 21.0 Å². The lowest BCUT2D eigenvalue weighted by Crippen LogP contribution is -2.23. The highest BCUT2D eigenvalue weighted by Gasteiger charge is 2.30. The predicted molar refractivity (Wildman–Crippen MR) is 100 cm³/mol. The van der Waals surface area contributed by atoms with Gasteiger partial charge in [0.15, 0.2) is 5.82 Å². The van der Waals surface area contributed by atoms with E-state index in [0.29, 0.717) is 6.54 Å². The maximum Gasteiger partial charge on any atom is 0.160 e. The third kappa shape index (κ3) is 2.28. The Balaban J connectivity index is 1.83. The first-order valence-corrected chi connectivity index (χ1v) is 9.49. The fraction of sp³-hybridized carbons (Fsp3) is 0.278. The Bertz CT molecular complexity index is 1020. The molecule has 0 atom stereocenters. The molecule has 1 N–H and O–H groups in total. The summed E-state index contributed by atoms with van der Waals surface area (Å²) in [5.74, 6) is 1.78. The Labute approximate surface area is 154 Å². The number of nitrogens with one attached hydrogen (secondary N) is 1. The lowest BCUT2D eigenvalue weighted by Gasteiger charge is -2.16. The number of aliphatic imine (C=N–C) groups is 1. The summed E-state index contributed by atoms with van der Waals surface area (Å²) in [5.41, 5.74) is 4.56. The topological polar surface area (TPSA) is 55.1 Å². The number of halogens is 1. The molecule has 2 aromatic heterocycles. The quantitative estimate of drug-likeness (QED) is 0.716. The van der Waals surface area contributed by atoms with Crippen molar-refractivity contribution in [2.45, 2.75) is 26.4 Å². The van der Waals surface area contributed by atoms with E-state index >= 15 is 0 Å². The third-order valence-corrected chi connectivity index (χ3v) is 6.30. The zero-order valence-corrected chi connectivity index (χ0v) is 15.3. The summed E-state index contributed by atoms with van der Waals surface area (Å²) in [6, 6.07) is 7.95. The van der Waals surface area contributed by atoms with Gasteiger partial charge in [-0.05, 0) is 31.5 Å². The molecule has 0 radical (unpaired) electrons. The van der Waals surface area contributed by atoms with E-state index < -0.39 is 0 Å². The number of aryl methyl sites for hydroxylation is 1. The highest BCUT2D eigenvalue weighted by Crippen LogP contribution is 2.39. The van der Waals surface area contributed by atoms with Crippen LogP contribution in [0.4, 0.5) is 0 Å². The van der Waals surface area contributed by atoms with Crippen LogP contribution in [0.1, 0.15) is 33.2 Å². The number of nitrogens with zero attached hydrogens (tertiary/aromatic N) is 4. The van der Waals surface area contributed by atoms with E-state index in [0.717, 1.165) is 47.5 Å². The molecule has 3 aromatic rings. The Morgan fingerprint density at radius 2 is 2.12 bits per heavy atom. The van der Waals surface area contributed by atoms with Gasteiger partial charge in [0, 0.05) is 27.6 Å². The lowest BCUT2D eigenvalue weighted by molar-refractivity contribution is 0.654. The summed E-state index contributed by atoms with van der Waals surface area (Å²) in [4.78, 5) is 6.30. The number of thiophene rings is 1. The average Bonchev–Trinajstić information content (AvgIpc) is 3.12. The second kappa shape index (κ2) is 5.76. The van der Waals surface area contributed by atoms with Crippen molar-refractivity contribution >= 4 is 28.6 Å². The minimum atomic E-state index is 0.510. The summed E-state index contributed by atoms with van der Waals surface area (Å²) in [6.45, 7) is 4.40. The van der Waals surface area contributed by atoms with Gasteiger partial charge in [-0.2, -0.15) is 0 Å². The van der Waals surface area contributed by atoms with E-state index in [1.54, 1.807) is 0 Å². The molecule has 0 unspecified atom stereocenters. The van der Waals surface area contributed by atoms with Gasteiger partial charge in [-0.1, -0.05) is 29.8 Å². The smallest absolute Gasteiger partial charge is 0.160 e. The molecular weight excluding hydrogens is 354 g/mol. The molecule has 7 heteroatoms. The lowest BCUT2D eigenvalue weighted by atomic mass is 9.96. The van der Waals surface area contributed by atoms with Crippen LogP contribution in [0, 0.1) is 6.92 Å². The molecule has 4 heterocycles. The Kier molecular flexibility index (Phi) is 3.51. The molecule has 0 spiro atoms. The molecule has 0 aliphatic carbocycles. The van der Waals surface area contributed by atoms with Crippen molar-refractivity contribution in [3.63, 3.8) is 0 Å². The van der Waals surface area contributed by atoms with Crippen LogP contribution in [-0.4, -0.2) is 27.0 Å². The predicted octanol–water partition coefficient (Wildman–Crippen LogP) is 3.29. The number of fused-ring (bicyclic) bond motifs is 5.